The number of ether oxygens (including phenoxy) is 1. The van der Waals surface area contributed by atoms with Crippen LogP contribution in [0, 0.1) is 93.7 Å². The molecule has 0 unspecified atom stereocenters. The van der Waals surface area contributed by atoms with Crippen molar-refractivity contribution in [1.82, 2.24) is 10.3 Å². The maximum Gasteiger partial charge on any atom is 0.313 e. The van der Waals surface area contributed by atoms with E-state index in [4.69, 9.17) is 16.2 Å². The average Bonchev–Trinajstić information content (AvgIpc) is 1.47. The molecule has 1 aromatic carbocycles. The van der Waals surface area contributed by atoms with Crippen molar-refractivity contribution < 1.29 is 54.9 Å². The quantitative estimate of drug-likeness (QED) is 0.0365. The largest absolute Gasteiger partial charge is 0.508 e. The number of aromatic hydroxyl groups is 1. The molecule has 82 heavy (non-hydrogen) atoms. The number of aliphatic imine (C=N–C) groups is 1. The molecule has 0 spiro atoms. The minimum absolute atomic E-state index is 0.00298. The Balaban J connectivity index is 1.08. The Bertz CT molecular complexity index is 2880. The van der Waals surface area contributed by atoms with Crippen molar-refractivity contribution in [3.05, 3.63) is 76.8 Å². The second kappa shape index (κ2) is 23.2. The highest BCUT2D eigenvalue weighted by atomic mass is 33.1. The molecule has 0 radical (unpaired) electrons. The van der Waals surface area contributed by atoms with Crippen LogP contribution in [-0.4, -0.2) is 131 Å². The number of guanidine groups is 1. The number of aliphatic hydroxyl groups excluding tert-OH is 4. The van der Waals surface area contributed by atoms with E-state index >= 15 is 4.79 Å². The van der Waals surface area contributed by atoms with Crippen LogP contribution in [0.1, 0.15) is 134 Å². The van der Waals surface area contributed by atoms with E-state index in [1.165, 1.54) is 27.2 Å². The Kier molecular flexibility index (Phi) is 16.8. The second-order valence-electron chi connectivity index (χ2n) is 27.1. The predicted octanol–water partition coefficient (Wildman–Crippen LogP) is 6.24. The van der Waals surface area contributed by atoms with Crippen LogP contribution in [-0.2, 0) is 19.1 Å². The zero-order valence-corrected chi connectivity index (χ0v) is 49.6. The van der Waals surface area contributed by atoms with Crippen molar-refractivity contribution in [2.75, 3.05) is 31.3 Å². The minimum Gasteiger partial charge on any atom is -0.508 e. The number of fused-ring (bicyclic) bond motifs is 10. The third-order valence-corrected chi connectivity index (χ3v) is 25.2. The molecule has 2 aromatic rings. The lowest BCUT2D eigenvalue weighted by atomic mass is 9.43. The highest BCUT2D eigenvalue weighted by molar-refractivity contribution is 8.76. The fourth-order valence-electron chi connectivity index (χ4n) is 18.8. The number of cyclic esters (lactones) is 1. The summed E-state index contributed by atoms with van der Waals surface area (Å²) in [5.41, 5.74) is 9.44. The van der Waals surface area contributed by atoms with Crippen molar-refractivity contribution in [3.8, 4) is 17.6 Å². The van der Waals surface area contributed by atoms with Crippen molar-refractivity contribution in [2.45, 2.75) is 159 Å². The number of H-pyrrole nitrogens is 1. The predicted molar refractivity (Wildman–Crippen MR) is 315 cm³/mol. The number of phenols is 1. The number of aromatic nitrogens is 1. The van der Waals surface area contributed by atoms with Gasteiger partial charge < -0.3 is 62.3 Å². The Morgan fingerprint density at radius 1 is 0.927 bits per heavy atom. The van der Waals surface area contributed by atoms with Crippen LogP contribution < -0.4 is 16.8 Å². The van der Waals surface area contributed by atoms with E-state index in [9.17, 15) is 45.3 Å². The van der Waals surface area contributed by atoms with Gasteiger partial charge in [-0.1, -0.05) is 72.1 Å². The van der Waals surface area contributed by atoms with Crippen molar-refractivity contribution >= 4 is 45.1 Å². The first-order chi connectivity index (χ1) is 39.1. The molecule has 11 rings (SSSR count). The molecule has 2 bridgehead atoms. The number of esters is 1. The van der Waals surface area contributed by atoms with Gasteiger partial charge in [0.1, 0.15) is 11.8 Å². The number of carbonyl (C=O) groups excluding carboxylic acids is 3. The first-order valence-electron chi connectivity index (χ1n) is 30.3. The molecule has 4 saturated carbocycles. The minimum atomic E-state index is -1.96. The molecule has 9 aliphatic rings. The van der Waals surface area contributed by atoms with E-state index in [1.54, 1.807) is 31.2 Å². The number of carbonyl (C=O) groups is 3. The molecule has 13 N–H and O–H groups in total. The van der Waals surface area contributed by atoms with E-state index < -0.39 is 94.3 Å². The first-order valence-corrected chi connectivity index (χ1v) is 32.8. The Morgan fingerprint density at radius 2 is 1.70 bits per heavy atom. The normalized spacial score (nSPS) is 44.2. The highest BCUT2D eigenvalue weighted by Crippen LogP contribution is 2.73. The molecule has 2 saturated heterocycles. The van der Waals surface area contributed by atoms with Crippen LogP contribution in [0.4, 0.5) is 0 Å². The second-order valence-corrected chi connectivity index (χ2v) is 29.7. The molecule has 7 aliphatic carbocycles. The van der Waals surface area contributed by atoms with Crippen LogP contribution >= 0.6 is 21.6 Å². The number of nitrogens with zero attached hydrogens (tertiary/aromatic N) is 1. The Hall–Kier alpha value is -4.32. The Morgan fingerprint density at radius 3 is 2.43 bits per heavy atom. The first kappa shape index (κ1) is 59.4. The topological polar surface area (TPSA) is 294 Å². The lowest BCUT2D eigenvalue weighted by Crippen LogP contribution is -2.67. The molecule has 6 fully saturated rings. The maximum atomic E-state index is 16.2. The van der Waals surface area contributed by atoms with Crippen LogP contribution in [0.25, 0.3) is 0 Å². The fourth-order valence-corrected chi connectivity index (χ4v) is 21.6. The number of aromatic amines is 1. The number of ketones is 2. The van der Waals surface area contributed by atoms with Gasteiger partial charge in [0.15, 0.2) is 17.5 Å². The van der Waals surface area contributed by atoms with Crippen LogP contribution in [0.15, 0.2) is 70.6 Å². The molecule has 22 atom stereocenters. The van der Waals surface area contributed by atoms with Crippen molar-refractivity contribution in [2.24, 2.45) is 98.3 Å². The number of benzene rings is 1. The van der Waals surface area contributed by atoms with Gasteiger partial charge in [-0.3, -0.25) is 19.4 Å². The number of hydrogen-bond acceptors (Lipinski definition) is 15. The van der Waals surface area contributed by atoms with E-state index in [0.29, 0.717) is 41.8 Å². The van der Waals surface area contributed by atoms with Crippen LogP contribution in [0.3, 0.4) is 0 Å². The maximum absolute atomic E-state index is 16.2. The van der Waals surface area contributed by atoms with Crippen molar-refractivity contribution in [3.63, 3.8) is 0 Å². The number of phenolic OH excluding ortho intramolecular Hbond substituents is 1. The van der Waals surface area contributed by atoms with Gasteiger partial charge in [0, 0.05) is 84.2 Å². The molecule has 3 heterocycles. The highest BCUT2D eigenvalue weighted by Gasteiger charge is 2.75. The third-order valence-electron chi connectivity index (χ3n) is 22.7. The number of rotatable bonds is 7. The molecule has 446 valence electrons. The summed E-state index contributed by atoms with van der Waals surface area (Å²) in [6.45, 7) is 7.78. The van der Waals surface area contributed by atoms with Gasteiger partial charge in [-0.15, -0.1) is 5.92 Å². The number of aliphatic hydroxyl groups is 6. The van der Waals surface area contributed by atoms with E-state index in [0.717, 1.165) is 43.2 Å². The number of allylic oxidation sites excluding steroid dienone is 3. The van der Waals surface area contributed by atoms with Gasteiger partial charge >= 0.3 is 5.97 Å². The lowest BCUT2D eigenvalue weighted by molar-refractivity contribution is -0.193. The van der Waals surface area contributed by atoms with Gasteiger partial charge in [-0.2, -0.15) is 0 Å². The zero-order chi connectivity index (χ0) is 58.2. The number of nitrogens with one attached hydrogen (secondary N) is 2. The summed E-state index contributed by atoms with van der Waals surface area (Å²) < 4.78 is 5.95. The van der Waals surface area contributed by atoms with E-state index in [2.05, 4.69) is 47.1 Å². The summed E-state index contributed by atoms with van der Waals surface area (Å²) in [4.78, 5) is 52.5. The van der Waals surface area contributed by atoms with Gasteiger partial charge in [0.25, 0.3) is 0 Å². The van der Waals surface area contributed by atoms with E-state index in [-0.39, 0.29) is 116 Å². The van der Waals surface area contributed by atoms with Crippen molar-refractivity contribution in [1.29, 1.82) is 0 Å². The summed E-state index contributed by atoms with van der Waals surface area (Å²) in [5.74, 6) is 3.05. The van der Waals surface area contributed by atoms with Crippen LogP contribution in [0.5, 0.6) is 5.75 Å². The summed E-state index contributed by atoms with van der Waals surface area (Å²) in [7, 11) is 2.98. The molecule has 2 aliphatic heterocycles. The zero-order valence-electron chi connectivity index (χ0n) is 47.9. The summed E-state index contributed by atoms with van der Waals surface area (Å²) >= 11 is 0. The SMILES string of the molecule is C[C@@H]1CCC2=CC[C@@H]3[C@@H](C[C@@H]([C@@H]4COC(=O)[C@@H]4c4cc[nH]c4)C#CC[C@H]4C[C@@]5(O)C6=C7N[C@H](CO)C(=O)C[C@@H](c8ccc(O)cc8)CSSC[C@@H]8[C@@H](O)[C@@H](O)C[C@@](C)([C@@H]8C7=O)[C@H]6CC[C@]5(CCN=C(N)N)[C@H]4[C@@](C)(O)[C@H](O)C[C@H]3C)[C@H]2C1. The molecule has 16 nitrogen and oxygen atoms in total. The average molecular weight is 1170 g/mol. The number of Topliss-reactive ketones (excluding diaryl/α,β-unsaturated/α-hetero) is 2. The summed E-state index contributed by atoms with van der Waals surface area (Å²) in [6, 6.07) is 7.32. The Labute approximate surface area is 490 Å². The summed E-state index contributed by atoms with van der Waals surface area (Å²) in [5, 5.41) is 90.4. The number of nitrogens with two attached hydrogens (primary N) is 2. The van der Waals surface area contributed by atoms with E-state index in [1.807, 2.05) is 25.4 Å². The summed E-state index contributed by atoms with van der Waals surface area (Å²) in [6.07, 6.45) is 8.36. The molecular formula is C64H87N5O11S2. The lowest BCUT2D eigenvalue weighted by Gasteiger charge is -2.63. The van der Waals surface area contributed by atoms with Gasteiger partial charge in [-0.25, -0.2) is 0 Å². The smallest absolute Gasteiger partial charge is 0.313 e. The van der Waals surface area contributed by atoms with Gasteiger partial charge in [-0.05, 0) is 159 Å². The van der Waals surface area contributed by atoms with Crippen LogP contribution in [0.2, 0.25) is 0 Å². The molecule has 18 heteroatoms. The monoisotopic (exact) mass is 1170 g/mol. The van der Waals surface area contributed by atoms with Gasteiger partial charge in [0.05, 0.1) is 54.3 Å². The standard InChI is InChI=1S/C64H87N5O11S2/c1-33-8-9-36-12-15-42-34(2)23-51(74)62(4,78)58-38(7-5-6-37(24-44(42)43(36)22-33)45-30-80-59(77)52(45)39-17-20-67-28-39)26-64(79)54-47(16-18-63(58,64)19-21-68-60(65)66)61(3)27-50(73)56(75)46-32-82-81-31-40(35-10-13-41(71)14-11-35)25-49(72)48(29-70)69-55(54)57(76)53(46)61/h10-14,17,20,28,33-34,37-38,40,42-48,50-53,56,58,67,69-71,73-75,78-79H,7-9,15-16,18-19,21-27,29-32H2,1-4H3,(H4,65,66,68)/t33-,34-,37+,38+,40-,42+,43+,44-,45+,46+,47+,48-,50+,51-,52-,53+,56-,58-,61-,62+,63+,64-/m1/s1. The number of hydrogen-bond donors (Lipinski definition) is 11. The fraction of sp³-hybridized carbons (Fsp3) is 0.688. The molecular weight excluding hydrogens is 1080 g/mol. The third kappa shape index (κ3) is 10.3. The molecule has 1 aromatic heterocycles. The van der Waals surface area contributed by atoms with Gasteiger partial charge in [0.2, 0.25) is 0 Å². The molecule has 0 amide bonds.